The first-order valence-electron chi connectivity index (χ1n) is 8.31. The van der Waals surface area contributed by atoms with Crippen LogP contribution in [0.3, 0.4) is 0 Å². The first kappa shape index (κ1) is 19.0. The summed E-state index contributed by atoms with van der Waals surface area (Å²) in [6.45, 7) is 2.76. The lowest BCUT2D eigenvalue weighted by atomic mass is 10.2. The molecule has 2 heterocycles. The SMILES string of the molecule is Cc1cccc(CS(=O)(=O)N2CCCN(S(=O)(=O)c3cnc[nH]3)CC2)c1. The second kappa shape index (κ2) is 7.47. The van der Waals surface area contributed by atoms with E-state index in [1.165, 1.54) is 21.1 Å². The molecule has 1 fully saturated rings. The van der Waals surface area contributed by atoms with Gasteiger partial charge in [0.2, 0.25) is 10.0 Å². The Morgan fingerprint density at radius 3 is 2.50 bits per heavy atom. The van der Waals surface area contributed by atoms with Crippen molar-refractivity contribution in [3.8, 4) is 0 Å². The Bertz CT molecular complexity index is 956. The first-order chi connectivity index (χ1) is 12.3. The molecule has 0 bridgehead atoms. The van der Waals surface area contributed by atoms with Crippen molar-refractivity contribution in [2.75, 3.05) is 26.2 Å². The van der Waals surface area contributed by atoms with E-state index in [0.717, 1.165) is 11.1 Å². The number of sulfonamides is 2. The van der Waals surface area contributed by atoms with Gasteiger partial charge in [-0.25, -0.2) is 26.1 Å². The normalized spacial score (nSPS) is 17.9. The number of benzene rings is 1. The highest BCUT2D eigenvalue weighted by molar-refractivity contribution is 7.89. The lowest BCUT2D eigenvalue weighted by Crippen LogP contribution is -2.37. The molecule has 0 amide bonds. The van der Waals surface area contributed by atoms with Crippen LogP contribution in [0.2, 0.25) is 0 Å². The van der Waals surface area contributed by atoms with Gasteiger partial charge in [-0.05, 0) is 18.9 Å². The van der Waals surface area contributed by atoms with Crippen molar-refractivity contribution in [3.63, 3.8) is 0 Å². The molecule has 26 heavy (non-hydrogen) atoms. The van der Waals surface area contributed by atoms with Gasteiger partial charge in [-0.3, -0.25) is 0 Å². The van der Waals surface area contributed by atoms with Crippen molar-refractivity contribution in [1.29, 1.82) is 0 Å². The summed E-state index contributed by atoms with van der Waals surface area (Å²) in [5.74, 6) is -0.0814. The van der Waals surface area contributed by atoms with Gasteiger partial charge in [0, 0.05) is 26.2 Å². The Morgan fingerprint density at radius 1 is 1.08 bits per heavy atom. The van der Waals surface area contributed by atoms with Crippen LogP contribution >= 0.6 is 0 Å². The van der Waals surface area contributed by atoms with Gasteiger partial charge in [0.05, 0.1) is 18.3 Å². The minimum Gasteiger partial charge on any atom is -0.335 e. The molecule has 0 aliphatic carbocycles. The third-order valence-electron chi connectivity index (χ3n) is 4.33. The van der Waals surface area contributed by atoms with E-state index in [1.807, 2.05) is 25.1 Å². The molecule has 1 aliphatic rings. The van der Waals surface area contributed by atoms with E-state index < -0.39 is 20.0 Å². The van der Waals surface area contributed by atoms with Gasteiger partial charge in [0.15, 0.2) is 5.03 Å². The molecule has 0 saturated carbocycles. The molecule has 2 aromatic rings. The largest absolute Gasteiger partial charge is 0.335 e. The molecule has 0 radical (unpaired) electrons. The molecule has 10 heteroatoms. The van der Waals surface area contributed by atoms with E-state index in [1.54, 1.807) is 6.07 Å². The summed E-state index contributed by atoms with van der Waals surface area (Å²) in [7, 11) is -7.19. The Morgan fingerprint density at radius 2 is 1.81 bits per heavy atom. The van der Waals surface area contributed by atoms with Crippen LogP contribution in [0.4, 0.5) is 0 Å². The fourth-order valence-electron chi connectivity index (χ4n) is 3.02. The van der Waals surface area contributed by atoms with Crippen LogP contribution in [0.1, 0.15) is 17.5 Å². The van der Waals surface area contributed by atoms with Crippen LogP contribution in [-0.4, -0.2) is 61.6 Å². The third-order valence-corrected chi connectivity index (χ3v) is 8.00. The highest BCUT2D eigenvalue weighted by atomic mass is 32.2. The number of nitrogens with one attached hydrogen (secondary N) is 1. The van der Waals surface area contributed by atoms with Gasteiger partial charge < -0.3 is 4.98 Å². The van der Waals surface area contributed by atoms with Crippen molar-refractivity contribution < 1.29 is 16.8 Å². The topological polar surface area (TPSA) is 103 Å². The lowest BCUT2D eigenvalue weighted by molar-refractivity contribution is 0.403. The summed E-state index contributed by atoms with van der Waals surface area (Å²) in [6, 6.07) is 7.39. The van der Waals surface area contributed by atoms with Gasteiger partial charge in [-0.15, -0.1) is 0 Å². The highest BCUT2D eigenvalue weighted by Crippen LogP contribution is 2.18. The second-order valence-corrected chi connectivity index (χ2v) is 10.2. The average Bonchev–Trinajstić information content (AvgIpc) is 2.99. The van der Waals surface area contributed by atoms with E-state index >= 15 is 0 Å². The van der Waals surface area contributed by atoms with Gasteiger partial charge in [0.25, 0.3) is 10.0 Å². The Labute approximate surface area is 154 Å². The Balaban J connectivity index is 1.72. The van der Waals surface area contributed by atoms with Crippen LogP contribution in [0, 0.1) is 6.92 Å². The summed E-state index contributed by atoms with van der Waals surface area (Å²) in [6.07, 6.45) is 3.01. The van der Waals surface area contributed by atoms with Crippen molar-refractivity contribution in [3.05, 3.63) is 47.9 Å². The molecule has 1 N–H and O–H groups in total. The van der Waals surface area contributed by atoms with Crippen LogP contribution in [-0.2, 0) is 25.8 Å². The Hall–Kier alpha value is -1.75. The van der Waals surface area contributed by atoms with E-state index in [-0.39, 0.29) is 30.4 Å². The van der Waals surface area contributed by atoms with Crippen molar-refractivity contribution in [1.82, 2.24) is 18.6 Å². The maximum atomic E-state index is 12.7. The van der Waals surface area contributed by atoms with Crippen LogP contribution in [0.5, 0.6) is 0 Å². The number of aromatic amines is 1. The molecule has 0 unspecified atom stereocenters. The molecule has 1 saturated heterocycles. The fourth-order valence-corrected chi connectivity index (χ4v) is 5.93. The maximum Gasteiger partial charge on any atom is 0.260 e. The number of nitrogens with zero attached hydrogens (tertiary/aromatic N) is 3. The second-order valence-electron chi connectivity index (χ2n) is 6.32. The van der Waals surface area contributed by atoms with Gasteiger partial charge in [0.1, 0.15) is 0 Å². The zero-order valence-corrected chi connectivity index (χ0v) is 16.1. The molecular weight excluding hydrogens is 376 g/mol. The predicted octanol–water partition coefficient (Wildman–Crippen LogP) is 0.945. The monoisotopic (exact) mass is 398 g/mol. The zero-order valence-electron chi connectivity index (χ0n) is 14.5. The molecule has 1 aromatic heterocycles. The minimum atomic E-state index is -3.68. The number of aromatic nitrogens is 2. The number of hydrogen-bond acceptors (Lipinski definition) is 5. The maximum absolute atomic E-state index is 12.7. The van der Waals surface area contributed by atoms with Gasteiger partial charge in [-0.2, -0.15) is 4.31 Å². The number of H-pyrrole nitrogens is 1. The van der Waals surface area contributed by atoms with E-state index in [4.69, 9.17) is 0 Å². The molecule has 1 aliphatic heterocycles. The lowest BCUT2D eigenvalue weighted by Gasteiger charge is -2.21. The fraction of sp³-hybridized carbons (Fsp3) is 0.438. The molecule has 0 atom stereocenters. The molecule has 142 valence electrons. The predicted molar refractivity (Wildman–Crippen MR) is 97.3 cm³/mol. The van der Waals surface area contributed by atoms with Crippen molar-refractivity contribution >= 4 is 20.0 Å². The molecule has 0 spiro atoms. The van der Waals surface area contributed by atoms with Crippen LogP contribution < -0.4 is 0 Å². The van der Waals surface area contributed by atoms with Crippen molar-refractivity contribution in [2.24, 2.45) is 0 Å². The van der Waals surface area contributed by atoms with Crippen LogP contribution in [0.25, 0.3) is 0 Å². The smallest absolute Gasteiger partial charge is 0.260 e. The van der Waals surface area contributed by atoms with Gasteiger partial charge in [-0.1, -0.05) is 29.8 Å². The summed E-state index contributed by atoms with van der Waals surface area (Å²) in [4.78, 5) is 6.35. The van der Waals surface area contributed by atoms with E-state index in [2.05, 4.69) is 9.97 Å². The van der Waals surface area contributed by atoms with Crippen molar-refractivity contribution in [2.45, 2.75) is 24.1 Å². The average molecular weight is 399 g/mol. The first-order valence-corrected chi connectivity index (χ1v) is 11.4. The number of hydrogen-bond donors (Lipinski definition) is 1. The Kier molecular flexibility index (Phi) is 5.47. The quantitative estimate of drug-likeness (QED) is 0.807. The summed E-state index contributed by atoms with van der Waals surface area (Å²) < 4.78 is 53.3. The third kappa shape index (κ3) is 4.14. The van der Waals surface area contributed by atoms with E-state index in [0.29, 0.717) is 13.0 Å². The summed E-state index contributed by atoms with van der Waals surface area (Å²) in [5, 5.41) is 0.0218. The standard InChI is InChI=1S/C16H22N4O4S2/c1-14-4-2-5-15(10-14)12-25(21,22)19-6-3-7-20(9-8-19)26(23,24)16-11-17-13-18-16/h2,4-5,10-11,13H,3,6-9,12H2,1H3,(H,17,18). The molecule has 3 rings (SSSR count). The molecule has 8 nitrogen and oxygen atoms in total. The molecular formula is C16H22N4O4S2. The van der Waals surface area contributed by atoms with Crippen LogP contribution in [0.15, 0.2) is 41.8 Å². The molecule has 1 aromatic carbocycles. The highest BCUT2D eigenvalue weighted by Gasteiger charge is 2.31. The number of aryl methyl sites for hydroxylation is 1. The summed E-state index contributed by atoms with van der Waals surface area (Å²) in [5.41, 5.74) is 1.74. The summed E-state index contributed by atoms with van der Waals surface area (Å²) >= 11 is 0. The van der Waals surface area contributed by atoms with E-state index in [9.17, 15) is 16.8 Å². The minimum absolute atomic E-state index is 0.0218. The number of rotatable bonds is 5. The number of imidazole rings is 1. The zero-order chi connectivity index (χ0) is 18.8. The van der Waals surface area contributed by atoms with Gasteiger partial charge >= 0.3 is 0 Å².